The van der Waals surface area contributed by atoms with E-state index in [0.717, 1.165) is 18.4 Å². The Morgan fingerprint density at radius 2 is 1.73 bits per heavy atom. The highest BCUT2D eigenvalue weighted by atomic mass is 16.5. The van der Waals surface area contributed by atoms with Crippen molar-refractivity contribution in [2.24, 2.45) is 22.2 Å². The summed E-state index contributed by atoms with van der Waals surface area (Å²) in [7, 11) is 1.52. The number of amides is 2. The number of benzene rings is 2. The number of para-hydroxylation sites is 1. The molecule has 8 heteroatoms. The Morgan fingerprint density at radius 3 is 2.33 bits per heavy atom. The third kappa shape index (κ3) is 4.96. The van der Waals surface area contributed by atoms with Crippen molar-refractivity contribution in [2.75, 3.05) is 7.11 Å². The summed E-state index contributed by atoms with van der Waals surface area (Å²) in [5.74, 6) is -0.387. The van der Waals surface area contributed by atoms with Gasteiger partial charge in [-0.2, -0.15) is 0 Å². The zero-order valence-electron chi connectivity index (χ0n) is 16.7. The predicted molar refractivity (Wildman–Crippen MR) is 116 cm³/mol. The molecule has 8 nitrogen and oxygen atoms in total. The molecule has 0 bridgehead atoms. The lowest BCUT2D eigenvalue weighted by atomic mass is 10.0. The third-order valence-electron chi connectivity index (χ3n) is 4.71. The summed E-state index contributed by atoms with van der Waals surface area (Å²) in [5, 5.41) is 2.85. The molecule has 7 N–H and O–H groups in total. The minimum absolute atomic E-state index is 0.0270. The number of aliphatic imine (C=N–C) groups is 1. The van der Waals surface area contributed by atoms with Crippen molar-refractivity contribution < 1.29 is 14.3 Å². The largest absolute Gasteiger partial charge is 0.496 e. The first-order valence-electron chi connectivity index (χ1n) is 9.54. The molecule has 2 aromatic rings. The maximum Gasteiger partial charge on any atom is 0.255 e. The Hall–Kier alpha value is -3.81. The van der Waals surface area contributed by atoms with Gasteiger partial charge in [-0.25, -0.2) is 0 Å². The molecule has 0 unspecified atom stereocenters. The van der Waals surface area contributed by atoms with Crippen molar-refractivity contribution in [2.45, 2.75) is 25.4 Å². The van der Waals surface area contributed by atoms with Crippen LogP contribution in [-0.2, 0) is 11.3 Å². The normalized spacial score (nSPS) is 14.6. The van der Waals surface area contributed by atoms with Crippen LogP contribution in [0.5, 0.6) is 5.75 Å². The summed E-state index contributed by atoms with van der Waals surface area (Å²) in [6.45, 7) is 0.314. The quantitative estimate of drug-likeness (QED) is 0.296. The van der Waals surface area contributed by atoms with E-state index in [1.54, 1.807) is 48.5 Å². The Morgan fingerprint density at radius 1 is 1.07 bits per heavy atom. The molecule has 2 amide bonds. The van der Waals surface area contributed by atoms with Gasteiger partial charge >= 0.3 is 0 Å². The summed E-state index contributed by atoms with van der Waals surface area (Å²) >= 11 is 0. The lowest BCUT2D eigenvalue weighted by molar-refractivity contribution is -0.114. The van der Waals surface area contributed by atoms with Crippen LogP contribution in [0.4, 0.5) is 0 Å². The maximum atomic E-state index is 12.4. The molecular weight excluding hydrogens is 382 g/mol. The number of methoxy groups -OCH3 is 1. The number of nitrogens with two attached hydrogens (primary N) is 3. The van der Waals surface area contributed by atoms with E-state index < -0.39 is 5.91 Å². The van der Waals surface area contributed by atoms with Gasteiger partial charge in [-0.1, -0.05) is 36.4 Å². The molecule has 1 saturated carbocycles. The molecule has 30 heavy (non-hydrogen) atoms. The molecule has 0 aliphatic heterocycles. The molecule has 1 aliphatic rings. The van der Waals surface area contributed by atoms with E-state index in [0.29, 0.717) is 23.4 Å². The summed E-state index contributed by atoms with van der Waals surface area (Å²) in [5.41, 5.74) is 19.7. The molecule has 0 aromatic heterocycles. The van der Waals surface area contributed by atoms with Crippen LogP contribution < -0.4 is 27.3 Å². The van der Waals surface area contributed by atoms with E-state index in [-0.39, 0.29) is 29.1 Å². The lowest BCUT2D eigenvalue weighted by Crippen LogP contribution is -2.30. The molecule has 2 aromatic carbocycles. The van der Waals surface area contributed by atoms with Gasteiger partial charge in [-0.15, -0.1) is 0 Å². The molecule has 0 radical (unpaired) electrons. The van der Waals surface area contributed by atoms with Crippen LogP contribution in [0.25, 0.3) is 5.70 Å². The van der Waals surface area contributed by atoms with Gasteiger partial charge in [0.05, 0.1) is 24.4 Å². The summed E-state index contributed by atoms with van der Waals surface area (Å²) in [6, 6.07) is 14.2. The van der Waals surface area contributed by atoms with E-state index in [9.17, 15) is 9.59 Å². The van der Waals surface area contributed by atoms with Crippen molar-refractivity contribution in [3.8, 4) is 5.75 Å². The number of carbonyl (C=O) groups is 2. The molecule has 1 fully saturated rings. The van der Waals surface area contributed by atoms with Gasteiger partial charge in [0, 0.05) is 6.54 Å². The van der Waals surface area contributed by atoms with Crippen molar-refractivity contribution in [1.29, 1.82) is 0 Å². The van der Waals surface area contributed by atoms with Gasteiger partial charge in [-0.3, -0.25) is 14.6 Å². The van der Waals surface area contributed by atoms with Crippen LogP contribution >= 0.6 is 0 Å². The van der Waals surface area contributed by atoms with Crippen molar-refractivity contribution in [3.63, 3.8) is 0 Å². The number of nitrogens with one attached hydrogen (secondary N) is 1. The molecule has 0 spiro atoms. The number of amidine groups is 1. The van der Waals surface area contributed by atoms with Crippen molar-refractivity contribution >= 4 is 23.3 Å². The zero-order chi connectivity index (χ0) is 21.7. The van der Waals surface area contributed by atoms with Crippen LogP contribution in [0.2, 0.25) is 0 Å². The first-order valence-corrected chi connectivity index (χ1v) is 9.54. The second kappa shape index (κ2) is 9.13. The Kier molecular flexibility index (Phi) is 6.36. The Balaban J connectivity index is 1.72. The third-order valence-corrected chi connectivity index (χ3v) is 4.71. The minimum Gasteiger partial charge on any atom is -0.496 e. The molecule has 0 heterocycles. The fraction of sp³-hybridized carbons (Fsp3) is 0.227. The highest BCUT2D eigenvalue weighted by Crippen LogP contribution is 2.25. The average molecular weight is 407 g/mol. The standard InChI is InChI=1S/C22H25N5O3/c1-30-17-5-3-2-4-16(17)22(29)26-12-13-6-8-14(9-7-13)19(23)18(21(25)28)20(24)27-15-10-11-15/h2-9,15H,10-12,23H2,1H3,(H2,24,27)(H2,25,28)(H,26,29). The van der Waals surface area contributed by atoms with E-state index >= 15 is 0 Å². The number of ether oxygens (including phenoxy) is 1. The number of rotatable bonds is 8. The number of carbonyl (C=O) groups excluding carboxylic acids is 2. The molecule has 3 rings (SSSR count). The lowest BCUT2D eigenvalue weighted by Gasteiger charge is -2.11. The van der Waals surface area contributed by atoms with E-state index in [1.807, 2.05) is 0 Å². The van der Waals surface area contributed by atoms with Gasteiger partial charge < -0.3 is 27.3 Å². The monoisotopic (exact) mass is 407 g/mol. The molecular formula is C22H25N5O3. The molecule has 156 valence electrons. The Bertz CT molecular complexity index is 1010. The highest BCUT2D eigenvalue weighted by molar-refractivity contribution is 6.24. The summed E-state index contributed by atoms with van der Waals surface area (Å²) in [6.07, 6.45) is 1.89. The molecule has 0 atom stereocenters. The van der Waals surface area contributed by atoms with Crippen molar-refractivity contribution in [3.05, 3.63) is 70.8 Å². The number of nitrogens with zero attached hydrogens (tertiary/aromatic N) is 1. The van der Waals surface area contributed by atoms with Gasteiger partial charge in [0.15, 0.2) is 0 Å². The van der Waals surface area contributed by atoms with Crippen LogP contribution in [0.1, 0.15) is 34.3 Å². The van der Waals surface area contributed by atoms with E-state index in [4.69, 9.17) is 21.9 Å². The zero-order valence-corrected chi connectivity index (χ0v) is 16.7. The van der Waals surface area contributed by atoms with Crippen molar-refractivity contribution in [1.82, 2.24) is 5.32 Å². The number of primary amides is 1. The smallest absolute Gasteiger partial charge is 0.255 e. The topological polar surface area (TPSA) is 146 Å². The van der Waals surface area contributed by atoms with E-state index in [1.165, 1.54) is 7.11 Å². The fourth-order valence-electron chi connectivity index (χ4n) is 2.92. The van der Waals surface area contributed by atoms with Crippen LogP contribution in [-0.4, -0.2) is 30.8 Å². The Labute approximate surface area is 174 Å². The predicted octanol–water partition coefficient (Wildman–Crippen LogP) is 1.30. The van der Waals surface area contributed by atoms with E-state index in [2.05, 4.69) is 10.3 Å². The van der Waals surface area contributed by atoms with Gasteiger partial charge in [-0.05, 0) is 36.1 Å². The van der Waals surface area contributed by atoms with Crippen LogP contribution in [0, 0.1) is 0 Å². The molecule has 0 saturated heterocycles. The van der Waals surface area contributed by atoms with Crippen LogP contribution in [0.15, 0.2) is 59.1 Å². The fourth-order valence-corrected chi connectivity index (χ4v) is 2.92. The number of hydrogen-bond acceptors (Lipinski definition) is 5. The van der Waals surface area contributed by atoms with Gasteiger partial charge in [0.1, 0.15) is 17.2 Å². The first-order chi connectivity index (χ1) is 14.4. The summed E-state index contributed by atoms with van der Waals surface area (Å²) in [4.78, 5) is 28.5. The summed E-state index contributed by atoms with van der Waals surface area (Å²) < 4.78 is 5.21. The van der Waals surface area contributed by atoms with Gasteiger partial charge in [0.25, 0.3) is 11.8 Å². The van der Waals surface area contributed by atoms with Crippen LogP contribution in [0.3, 0.4) is 0 Å². The first kappa shape index (κ1) is 20.9. The van der Waals surface area contributed by atoms with Gasteiger partial charge in [0.2, 0.25) is 0 Å². The SMILES string of the molecule is COc1ccccc1C(=O)NCc1ccc(C(N)=C(C(N)=O)C(N)=NC2CC2)cc1. The molecule has 1 aliphatic carbocycles. The average Bonchev–Trinajstić information content (AvgIpc) is 3.56. The maximum absolute atomic E-state index is 12.4. The second-order valence-electron chi connectivity index (χ2n) is 6.98. The number of hydrogen-bond donors (Lipinski definition) is 4. The second-order valence-corrected chi connectivity index (χ2v) is 6.98. The highest BCUT2D eigenvalue weighted by Gasteiger charge is 2.24. The minimum atomic E-state index is -0.720.